The largest absolute Gasteiger partial charge is 0.356 e. The van der Waals surface area contributed by atoms with Gasteiger partial charge in [0.15, 0.2) is 0 Å². The number of piperidine rings is 1. The van der Waals surface area contributed by atoms with Crippen LogP contribution in [0.5, 0.6) is 0 Å². The van der Waals surface area contributed by atoms with Crippen LogP contribution in [-0.2, 0) is 20.0 Å². The van der Waals surface area contributed by atoms with Gasteiger partial charge in [-0.25, -0.2) is 15.0 Å². The molecule has 1 amide bonds. The molecule has 0 spiro atoms. The Morgan fingerprint density at radius 1 is 1.23 bits per heavy atom. The van der Waals surface area contributed by atoms with Gasteiger partial charge in [0, 0.05) is 37.6 Å². The number of carbonyl (C=O) groups is 1. The predicted molar refractivity (Wildman–Crippen MR) is 116 cm³/mol. The van der Waals surface area contributed by atoms with Gasteiger partial charge in [-0.15, -0.1) is 0 Å². The van der Waals surface area contributed by atoms with Crippen LogP contribution >= 0.6 is 11.6 Å². The van der Waals surface area contributed by atoms with Crippen LogP contribution in [0.3, 0.4) is 0 Å². The zero-order valence-corrected chi connectivity index (χ0v) is 18.1. The van der Waals surface area contributed by atoms with Crippen LogP contribution < -0.4 is 10.2 Å². The lowest BCUT2D eigenvalue weighted by Crippen LogP contribution is -2.27. The molecule has 0 radical (unpaired) electrons. The third kappa shape index (κ3) is 3.39. The third-order valence-corrected chi connectivity index (χ3v) is 7.16. The number of halogens is 1. The number of anilines is 1. The van der Waals surface area contributed by atoms with E-state index in [-0.39, 0.29) is 11.9 Å². The highest BCUT2D eigenvalue weighted by Gasteiger charge is 2.45. The maximum absolute atomic E-state index is 12.7. The van der Waals surface area contributed by atoms with Crippen LogP contribution in [0.25, 0.3) is 0 Å². The Hall–Kier alpha value is -2.87. The molecule has 3 aromatic rings. The smallest absolute Gasteiger partial charge is 0.272 e. The summed E-state index contributed by atoms with van der Waals surface area (Å²) in [4.78, 5) is 28.4. The van der Waals surface area contributed by atoms with Gasteiger partial charge in [-0.05, 0) is 37.2 Å². The number of fused-ring (bicyclic) bond motifs is 2. The van der Waals surface area contributed by atoms with Gasteiger partial charge < -0.3 is 19.4 Å². The monoisotopic (exact) mass is 437 g/mol. The summed E-state index contributed by atoms with van der Waals surface area (Å²) < 4.78 is 3.88. The first-order valence-electron chi connectivity index (χ1n) is 10.8. The molecule has 31 heavy (non-hydrogen) atoms. The van der Waals surface area contributed by atoms with Crippen LogP contribution in [-0.4, -0.2) is 43.1 Å². The van der Waals surface area contributed by atoms with Crippen LogP contribution in [0.15, 0.2) is 31.0 Å². The molecule has 8 nitrogen and oxygen atoms in total. The Balaban J connectivity index is 1.12. The Morgan fingerprint density at radius 2 is 2.06 bits per heavy atom. The third-order valence-electron chi connectivity index (χ3n) is 6.83. The SMILES string of the molecule is Cn1cnc2c1CC[C@H]2NC(=O)c1cn(Cc2ccc(N3CC4CC4C3)nc2Cl)cn1. The lowest BCUT2D eigenvalue weighted by molar-refractivity contribution is 0.0931. The zero-order chi connectivity index (χ0) is 21.1. The molecular formula is C22H24ClN7O. The molecular weight excluding hydrogens is 414 g/mol. The van der Waals surface area contributed by atoms with Gasteiger partial charge >= 0.3 is 0 Å². The number of amides is 1. The second-order valence-electron chi connectivity index (χ2n) is 8.96. The Labute approximate surface area is 185 Å². The Bertz CT molecular complexity index is 1160. The summed E-state index contributed by atoms with van der Waals surface area (Å²) in [6, 6.07) is 4.01. The lowest BCUT2D eigenvalue weighted by atomic mass is 10.2. The van der Waals surface area contributed by atoms with Gasteiger partial charge in [-0.2, -0.15) is 0 Å². The van der Waals surface area contributed by atoms with Crippen molar-refractivity contribution in [2.45, 2.75) is 31.8 Å². The van der Waals surface area contributed by atoms with E-state index in [4.69, 9.17) is 11.6 Å². The second-order valence-corrected chi connectivity index (χ2v) is 9.32. The molecule has 160 valence electrons. The molecule has 3 aliphatic rings. The molecule has 9 heteroatoms. The molecule has 6 rings (SSSR count). The van der Waals surface area contributed by atoms with Gasteiger partial charge in [-0.3, -0.25) is 4.79 Å². The fourth-order valence-electron chi connectivity index (χ4n) is 4.95. The van der Waals surface area contributed by atoms with E-state index >= 15 is 0 Å². The van der Waals surface area contributed by atoms with Crippen molar-refractivity contribution in [2.75, 3.05) is 18.0 Å². The number of pyridine rings is 1. The molecule has 1 saturated heterocycles. The maximum atomic E-state index is 12.7. The molecule has 1 N–H and O–H groups in total. The first kappa shape index (κ1) is 18.9. The van der Waals surface area contributed by atoms with Crippen molar-refractivity contribution in [3.63, 3.8) is 0 Å². The van der Waals surface area contributed by atoms with Crippen molar-refractivity contribution < 1.29 is 4.79 Å². The topological polar surface area (TPSA) is 80.9 Å². The van der Waals surface area contributed by atoms with Gasteiger partial charge in [0.1, 0.15) is 16.7 Å². The second kappa shape index (κ2) is 7.09. The zero-order valence-electron chi connectivity index (χ0n) is 17.3. The Kier molecular flexibility index (Phi) is 4.31. The number of aryl methyl sites for hydroxylation is 1. The van der Waals surface area contributed by atoms with Crippen molar-refractivity contribution in [1.29, 1.82) is 0 Å². The summed E-state index contributed by atoms with van der Waals surface area (Å²) in [6.07, 6.45) is 8.36. The van der Waals surface area contributed by atoms with E-state index in [2.05, 4.69) is 25.2 Å². The molecule has 4 heterocycles. The number of hydrogen-bond acceptors (Lipinski definition) is 5. The number of hydrogen-bond donors (Lipinski definition) is 1. The summed E-state index contributed by atoms with van der Waals surface area (Å²) >= 11 is 6.48. The van der Waals surface area contributed by atoms with E-state index in [0.717, 1.165) is 54.8 Å². The standard InChI is InChI=1S/C22H24ClN7O/c1-28-11-25-20-16(3-4-18(20)28)26-22(31)17-10-29(12-24-17)7-13-2-5-19(27-21(13)23)30-8-14-6-15(14)9-30/h2,5,10-12,14-16H,3-4,6-9H2,1H3,(H,26,31)/t14?,15?,16-/m1/s1. The predicted octanol–water partition coefficient (Wildman–Crippen LogP) is 2.59. The average Bonchev–Trinajstić information content (AvgIpc) is 3.22. The first-order chi connectivity index (χ1) is 15.0. The Morgan fingerprint density at radius 3 is 2.87 bits per heavy atom. The molecule has 3 aromatic heterocycles. The number of nitrogens with one attached hydrogen (secondary N) is 1. The molecule has 1 aliphatic heterocycles. The minimum atomic E-state index is -0.186. The van der Waals surface area contributed by atoms with Crippen molar-refractivity contribution in [2.24, 2.45) is 18.9 Å². The summed E-state index contributed by atoms with van der Waals surface area (Å²) in [5.74, 6) is 2.47. The van der Waals surface area contributed by atoms with Crippen molar-refractivity contribution >= 4 is 23.3 Å². The minimum Gasteiger partial charge on any atom is -0.356 e. The number of imidazole rings is 2. The summed E-state index contributed by atoms with van der Waals surface area (Å²) in [7, 11) is 1.98. The normalized spacial score (nSPS) is 23.7. The molecule has 2 fully saturated rings. The van der Waals surface area contributed by atoms with E-state index in [9.17, 15) is 4.79 Å². The summed E-state index contributed by atoms with van der Waals surface area (Å²) in [5, 5.41) is 3.57. The van der Waals surface area contributed by atoms with Gasteiger partial charge in [-0.1, -0.05) is 17.7 Å². The van der Waals surface area contributed by atoms with Crippen LogP contribution in [0.4, 0.5) is 5.82 Å². The van der Waals surface area contributed by atoms with Gasteiger partial charge in [0.05, 0.1) is 30.9 Å². The summed E-state index contributed by atoms with van der Waals surface area (Å²) in [6.45, 7) is 2.70. The lowest BCUT2D eigenvalue weighted by Gasteiger charge is -2.19. The first-order valence-corrected chi connectivity index (χ1v) is 11.2. The van der Waals surface area contributed by atoms with Crippen molar-refractivity contribution in [3.05, 3.63) is 58.8 Å². The highest BCUT2D eigenvalue weighted by atomic mass is 35.5. The number of aromatic nitrogens is 5. The fourth-order valence-corrected chi connectivity index (χ4v) is 5.16. The summed E-state index contributed by atoms with van der Waals surface area (Å²) in [5.41, 5.74) is 3.45. The van der Waals surface area contributed by atoms with Crippen LogP contribution in [0.2, 0.25) is 5.15 Å². The van der Waals surface area contributed by atoms with Crippen LogP contribution in [0, 0.1) is 11.8 Å². The van der Waals surface area contributed by atoms with Crippen molar-refractivity contribution in [1.82, 2.24) is 29.4 Å². The van der Waals surface area contributed by atoms with E-state index < -0.39 is 0 Å². The van der Waals surface area contributed by atoms with Crippen LogP contribution in [0.1, 0.15) is 46.3 Å². The highest BCUT2D eigenvalue weighted by Crippen LogP contribution is 2.46. The van der Waals surface area contributed by atoms with E-state index in [0.29, 0.717) is 17.4 Å². The minimum absolute atomic E-state index is 0.0586. The number of rotatable bonds is 5. The molecule has 3 atom stereocenters. The fraction of sp³-hybridized carbons (Fsp3) is 0.455. The average molecular weight is 438 g/mol. The molecule has 1 saturated carbocycles. The maximum Gasteiger partial charge on any atom is 0.272 e. The molecule has 2 unspecified atom stereocenters. The molecule has 2 aliphatic carbocycles. The molecule has 0 aromatic carbocycles. The van der Waals surface area contributed by atoms with E-state index in [1.54, 1.807) is 18.9 Å². The van der Waals surface area contributed by atoms with Gasteiger partial charge in [0.25, 0.3) is 5.91 Å². The highest BCUT2D eigenvalue weighted by molar-refractivity contribution is 6.30. The van der Waals surface area contributed by atoms with E-state index in [1.807, 2.05) is 28.3 Å². The number of nitrogens with zero attached hydrogens (tertiary/aromatic N) is 6. The number of carbonyl (C=O) groups excluding carboxylic acids is 1. The van der Waals surface area contributed by atoms with Gasteiger partial charge in [0.2, 0.25) is 0 Å². The quantitative estimate of drug-likeness (QED) is 0.620. The van der Waals surface area contributed by atoms with E-state index in [1.165, 1.54) is 12.1 Å². The molecule has 0 bridgehead atoms. The van der Waals surface area contributed by atoms with Crippen molar-refractivity contribution in [3.8, 4) is 0 Å².